The first-order valence-electron chi connectivity index (χ1n) is 8.47. The zero-order valence-electron chi connectivity index (χ0n) is 14.3. The second-order valence-electron chi connectivity index (χ2n) is 6.63. The molecular weight excluding hydrogens is 354 g/mol. The van der Waals surface area contributed by atoms with Crippen LogP contribution >= 0.6 is 0 Å². The number of aromatic amines is 1. The average molecular weight is 375 g/mol. The van der Waals surface area contributed by atoms with Gasteiger partial charge >= 0.3 is 11.4 Å². The van der Waals surface area contributed by atoms with Crippen LogP contribution in [0.5, 0.6) is 0 Å². The molecule has 0 amide bonds. The SMILES string of the molecule is O=c1ncn(C/C=C\CCS(=O)(=O)CC2(c3ccccc3)CC2)c(=O)[nH]1. The highest BCUT2D eigenvalue weighted by Gasteiger charge is 2.47. The lowest BCUT2D eigenvalue weighted by atomic mass is 9.99. The number of hydrogen-bond acceptors (Lipinski definition) is 5. The number of hydrogen-bond donors (Lipinski definition) is 1. The molecule has 0 radical (unpaired) electrons. The third-order valence-corrected chi connectivity index (χ3v) is 6.44. The molecule has 0 aliphatic heterocycles. The second kappa shape index (κ2) is 7.41. The van der Waals surface area contributed by atoms with E-state index in [-0.39, 0.29) is 23.5 Å². The van der Waals surface area contributed by atoms with E-state index in [0.717, 1.165) is 18.4 Å². The first kappa shape index (κ1) is 18.3. The molecule has 1 saturated carbocycles. The molecule has 2 aromatic rings. The molecule has 1 heterocycles. The minimum atomic E-state index is -3.16. The van der Waals surface area contributed by atoms with Crippen molar-refractivity contribution < 1.29 is 8.42 Å². The largest absolute Gasteiger partial charge is 0.350 e. The number of aromatic nitrogens is 3. The summed E-state index contributed by atoms with van der Waals surface area (Å²) in [5.74, 6) is 0.262. The van der Waals surface area contributed by atoms with Gasteiger partial charge in [0.15, 0.2) is 9.84 Å². The zero-order valence-corrected chi connectivity index (χ0v) is 15.1. The van der Waals surface area contributed by atoms with Gasteiger partial charge in [-0.05, 0) is 24.8 Å². The summed E-state index contributed by atoms with van der Waals surface area (Å²) < 4.78 is 26.1. The van der Waals surface area contributed by atoms with Crippen LogP contribution in [-0.2, 0) is 21.8 Å². The van der Waals surface area contributed by atoms with Gasteiger partial charge in [-0.3, -0.25) is 9.55 Å². The number of nitrogens with one attached hydrogen (secondary N) is 1. The molecule has 0 bridgehead atoms. The molecule has 1 aromatic heterocycles. The Morgan fingerprint density at radius 1 is 1.15 bits per heavy atom. The van der Waals surface area contributed by atoms with Gasteiger partial charge in [-0.25, -0.2) is 18.0 Å². The van der Waals surface area contributed by atoms with Crippen molar-refractivity contribution in [2.75, 3.05) is 11.5 Å². The van der Waals surface area contributed by atoms with E-state index in [0.29, 0.717) is 6.42 Å². The monoisotopic (exact) mass is 375 g/mol. The number of rotatable bonds is 8. The van der Waals surface area contributed by atoms with Crippen molar-refractivity contribution in [1.29, 1.82) is 0 Å². The topological polar surface area (TPSA) is 102 Å². The average Bonchev–Trinajstić information content (AvgIpc) is 3.37. The van der Waals surface area contributed by atoms with E-state index in [4.69, 9.17) is 0 Å². The minimum Gasteiger partial charge on any atom is -0.280 e. The lowest BCUT2D eigenvalue weighted by molar-refractivity contribution is 0.585. The van der Waals surface area contributed by atoms with E-state index in [1.165, 1.54) is 10.9 Å². The molecule has 0 atom stereocenters. The fourth-order valence-corrected chi connectivity index (χ4v) is 4.94. The lowest BCUT2D eigenvalue weighted by Crippen LogP contribution is -2.30. The predicted molar refractivity (Wildman–Crippen MR) is 98.9 cm³/mol. The second-order valence-corrected chi connectivity index (χ2v) is 8.81. The summed E-state index contributed by atoms with van der Waals surface area (Å²) in [6.45, 7) is 0.233. The molecule has 1 fully saturated rings. The minimum absolute atomic E-state index is 0.0802. The Morgan fingerprint density at radius 2 is 1.88 bits per heavy atom. The summed E-state index contributed by atoms with van der Waals surface area (Å²) in [4.78, 5) is 27.9. The molecule has 0 spiro atoms. The summed E-state index contributed by atoms with van der Waals surface area (Å²) in [6, 6.07) is 9.82. The van der Waals surface area contributed by atoms with Gasteiger partial charge in [-0.1, -0.05) is 42.5 Å². The van der Waals surface area contributed by atoms with E-state index < -0.39 is 21.2 Å². The van der Waals surface area contributed by atoms with Crippen LogP contribution in [0.1, 0.15) is 24.8 Å². The maximum atomic E-state index is 12.4. The summed E-state index contributed by atoms with van der Waals surface area (Å²) in [5, 5.41) is 0. The Labute approximate surface area is 151 Å². The molecule has 1 aliphatic rings. The molecule has 138 valence electrons. The first-order chi connectivity index (χ1) is 12.4. The quantitative estimate of drug-likeness (QED) is 0.694. The number of allylic oxidation sites excluding steroid dienone is 2. The summed E-state index contributed by atoms with van der Waals surface area (Å²) in [5.41, 5.74) is -0.336. The number of benzene rings is 1. The van der Waals surface area contributed by atoms with E-state index in [2.05, 4.69) is 9.97 Å². The highest BCUT2D eigenvalue weighted by atomic mass is 32.2. The van der Waals surface area contributed by atoms with Gasteiger partial charge in [0.2, 0.25) is 0 Å². The van der Waals surface area contributed by atoms with E-state index >= 15 is 0 Å². The molecule has 1 aliphatic carbocycles. The van der Waals surface area contributed by atoms with Crippen LogP contribution in [0, 0.1) is 0 Å². The van der Waals surface area contributed by atoms with Crippen LogP contribution in [0.2, 0.25) is 0 Å². The van der Waals surface area contributed by atoms with Crippen molar-refractivity contribution in [2.45, 2.75) is 31.2 Å². The van der Waals surface area contributed by atoms with Crippen LogP contribution in [0.4, 0.5) is 0 Å². The van der Waals surface area contributed by atoms with Crippen molar-refractivity contribution >= 4 is 9.84 Å². The molecule has 7 nitrogen and oxygen atoms in total. The highest BCUT2D eigenvalue weighted by Crippen LogP contribution is 2.49. The van der Waals surface area contributed by atoms with Gasteiger partial charge in [-0.2, -0.15) is 4.98 Å². The fraction of sp³-hybridized carbons (Fsp3) is 0.389. The third kappa shape index (κ3) is 4.57. The molecule has 26 heavy (non-hydrogen) atoms. The summed E-state index contributed by atoms with van der Waals surface area (Å²) in [7, 11) is -3.16. The van der Waals surface area contributed by atoms with Crippen molar-refractivity contribution in [3.63, 3.8) is 0 Å². The predicted octanol–water partition coefficient (Wildman–Crippen LogP) is 1.02. The number of H-pyrrole nitrogens is 1. The van der Waals surface area contributed by atoms with Gasteiger partial charge in [0.1, 0.15) is 6.33 Å². The Balaban J connectivity index is 1.52. The van der Waals surface area contributed by atoms with Crippen molar-refractivity contribution in [1.82, 2.24) is 14.5 Å². The van der Waals surface area contributed by atoms with Gasteiger partial charge in [0, 0.05) is 12.0 Å². The highest BCUT2D eigenvalue weighted by molar-refractivity contribution is 7.91. The van der Waals surface area contributed by atoms with Gasteiger partial charge in [-0.15, -0.1) is 0 Å². The first-order valence-corrected chi connectivity index (χ1v) is 10.3. The van der Waals surface area contributed by atoms with Crippen LogP contribution in [0.3, 0.4) is 0 Å². The molecule has 3 rings (SSSR count). The zero-order chi connectivity index (χ0) is 18.6. The van der Waals surface area contributed by atoms with E-state index in [1.807, 2.05) is 30.3 Å². The smallest absolute Gasteiger partial charge is 0.280 e. The Morgan fingerprint density at radius 3 is 2.54 bits per heavy atom. The molecule has 1 aromatic carbocycles. The molecule has 8 heteroatoms. The van der Waals surface area contributed by atoms with Crippen LogP contribution in [0.25, 0.3) is 0 Å². The summed E-state index contributed by atoms with van der Waals surface area (Å²) >= 11 is 0. The van der Waals surface area contributed by atoms with Crippen LogP contribution < -0.4 is 11.4 Å². The van der Waals surface area contributed by atoms with Gasteiger partial charge in [0.05, 0.1) is 11.5 Å². The Kier molecular flexibility index (Phi) is 5.22. The Hall–Kier alpha value is -2.48. The van der Waals surface area contributed by atoms with Crippen molar-refractivity contribution in [3.05, 3.63) is 75.3 Å². The standard InChI is InChI=1S/C18H21N3O4S/c22-16-19-14-21(17(23)20-16)11-5-2-6-12-26(24,25)13-18(9-10-18)15-7-3-1-4-8-15/h1-5,7-8,14H,6,9-13H2,(H,20,22,23)/b5-2-. The third-order valence-electron chi connectivity index (χ3n) is 4.59. The van der Waals surface area contributed by atoms with Crippen LogP contribution in [0.15, 0.2) is 58.4 Å². The van der Waals surface area contributed by atoms with E-state index in [9.17, 15) is 18.0 Å². The van der Waals surface area contributed by atoms with E-state index in [1.54, 1.807) is 12.2 Å². The number of nitrogens with zero attached hydrogens (tertiary/aromatic N) is 2. The maximum Gasteiger partial charge on any atom is 0.350 e. The molecule has 0 unspecified atom stereocenters. The molecule has 0 saturated heterocycles. The molecule has 1 N–H and O–H groups in total. The normalized spacial score (nSPS) is 16.0. The number of sulfone groups is 1. The Bertz CT molecular complexity index is 1000. The lowest BCUT2D eigenvalue weighted by Gasteiger charge is -2.15. The van der Waals surface area contributed by atoms with Crippen LogP contribution in [-0.4, -0.2) is 34.5 Å². The fourth-order valence-electron chi connectivity index (χ4n) is 3.01. The summed E-state index contributed by atoms with van der Waals surface area (Å²) in [6.07, 6.45) is 6.80. The van der Waals surface area contributed by atoms with Gasteiger partial charge in [0.25, 0.3) is 0 Å². The maximum absolute atomic E-state index is 12.4. The molecular formula is C18H21N3O4S. The van der Waals surface area contributed by atoms with Gasteiger partial charge < -0.3 is 0 Å². The van der Waals surface area contributed by atoms with Crippen molar-refractivity contribution in [3.8, 4) is 0 Å². The van der Waals surface area contributed by atoms with Crippen molar-refractivity contribution in [2.24, 2.45) is 0 Å².